The normalized spacial score (nSPS) is 13.8. The van der Waals surface area contributed by atoms with Crippen molar-refractivity contribution in [2.24, 2.45) is 0 Å². The summed E-state index contributed by atoms with van der Waals surface area (Å²) in [5.41, 5.74) is 3.02. The van der Waals surface area contributed by atoms with Gasteiger partial charge in [0.05, 0.1) is 5.01 Å². The van der Waals surface area contributed by atoms with Crippen molar-refractivity contribution in [3.05, 3.63) is 69.6 Å². The zero-order chi connectivity index (χ0) is 23.2. The fraction of sp³-hybridized carbons (Fsp3) is 0.269. The number of rotatable bonds is 4. The molecule has 1 saturated heterocycles. The zero-order valence-corrected chi connectivity index (χ0v) is 19.9. The van der Waals surface area contributed by atoms with Crippen molar-refractivity contribution in [2.45, 2.75) is 32.1 Å². The second kappa shape index (κ2) is 10.7. The standard InChI is InChI=1S/C26H24ClN3O2S/c1-2-3-8-24(31)30-15-13-19(14-16-30)26-29-23(17-33-26)25(32)28-22-7-5-4-6-21(22)18-9-11-20(27)12-10-18/h4-7,9-12,17,19H,2,13-16H2,1H3,(H,28,32). The predicted molar refractivity (Wildman–Crippen MR) is 134 cm³/mol. The fourth-order valence-electron chi connectivity index (χ4n) is 3.81. The summed E-state index contributed by atoms with van der Waals surface area (Å²) in [5, 5.41) is 6.42. The van der Waals surface area contributed by atoms with E-state index in [4.69, 9.17) is 11.6 Å². The maximum Gasteiger partial charge on any atom is 0.298 e. The van der Waals surface area contributed by atoms with Gasteiger partial charge in [0.1, 0.15) is 5.69 Å². The highest BCUT2D eigenvalue weighted by atomic mass is 35.5. The fourth-order valence-corrected chi connectivity index (χ4v) is 4.91. The lowest BCUT2D eigenvalue weighted by atomic mass is 9.97. The first kappa shape index (κ1) is 23.0. The van der Waals surface area contributed by atoms with Crippen LogP contribution in [0, 0.1) is 11.8 Å². The van der Waals surface area contributed by atoms with E-state index in [1.807, 2.05) is 55.5 Å². The molecule has 1 fully saturated rings. The Kier molecular flexibility index (Phi) is 7.43. The molecule has 0 saturated carbocycles. The number of nitrogens with one attached hydrogen (secondary N) is 1. The average Bonchev–Trinajstić information content (AvgIpc) is 3.34. The lowest BCUT2D eigenvalue weighted by Gasteiger charge is -2.29. The highest BCUT2D eigenvalue weighted by Gasteiger charge is 2.26. The van der Waals surface area contributed by atoms with Crippen LogP contribution >= 0.6 is 22.9 Å². The molecule has 1 aromatic heterocycles. The average molecular weight is 478 g/mol. The Balaban J connectivity index is 1.42. The van der Waals surface area contributed by atoms with Crippen LogP contribution in [0.2, 0.25) is 5.02 Å². The maximum absolute atomic E-state index is 12.9. The highest BCUT2D eigenvalue weighted by Crippen LogP contribution is 2.32. The number of amides is 2. The minimum absolute atomic E-state index is 0.103. The molecule has 4 rings (SSSR count). The van der Waals surface area contributed by atoms with Gasteiger partial charge in [0, 0.05) is 47.1 Å². The molecule has 0 bridgehead atoms. The number of carbonyl (C=O) groups is 2. The quantitative estimate of drug-likeness (QED) is 0.480. The van der Waals surface area contributed by atoms with Crippen molar-refractivity contribution in [1.29, 1.82) is 0 Å². The van der Waals surface area contributed by atoms with Crippen LogP contribution in [0.1, 0.15) is 47.6 Å². The molecule has 2 heterocycles. The van der Waals surface area contributed by atoms with E-state index >= 15 is 0 Å². The van der Waals surface area contributed by atoms with Crippen LogP contribution in [0.4, 0.5) is 5.69 Å². The minimum Gasteiger partial charge on any atom is -0.332 e. The number of carbonyl (C=O) groups excluding carboxylic acids is 2. The number of piperidine rings is 1. The molecule has 5 nitrogen and oxygen atoms in total. The van der Waals surface area contributed by atoms with Crippen LogP contribution in [0.15, 0.2) is 53.9 Å². The number of aromatic nitrogens is 1. The Hall–Kier alpha value is -3.14. The molecule has 0 spiro atoms. The van der Waals surface area contributed by atoms with E-state index in [0.29, 0.717) is 30.2 Å². The van der Waals surface area contributed by atoms with E-state index in [1.54, 1.807) is 10.3 Å². The van der Waals surface area contributed by atoms with Gasteiger partial charge >= 0.3 is 0 Å². The zero-order valence-electron chi connectivity index (χ0n) is 18.3. The number of nitrogens with zero attached hydrogens (tertiary/aromatic N) is 2. The van der Waals surface area contributed by atoms with Crippen molar-refractivity contribution in [2.75, 3.05) is 18.4 Å². The van der Waals surface area contributed by atoms with E-state index in [-0.39, 0.29) is 17.7 Å². The molecule has 0 aliphatic carbocycles. The van der Waals surface area contributed by atoms with Gasteiger partial charge in [-0.15, -0.1) is 11.3 Å². The van der Waals surface area contributed by atoms with Gasteiger partial charge in [0.25, 0.3) is 11.8 Å². The van der Waals surface area contributed by atoms with Gasteiger partial charge in [-0.2, -0.15) is 0 Å². The van der Waals surface area contributed by atoms with Gasteiger partial charge in [-0.3, -0.25) is 9.59 Å². The lowest BCUT2D eigenvalue weighted by Crippen LogP contribution is -2.37. The van der Waals surface area contributed by atoms with E-state index in [0.717, 1.165) is 34.7 Å². The number of likely N-dealkylation sites (tertiary alicyclic amines) is 1. The number of benzene rings is 2. The first-order valence-corrected chi connectivity index (χ1v) is 12.2. The molecule has 0 unspecified atom stereocenters. The topological polar surface area (TPSA) is 62.3 Å². The summed E-state index contributed by atoms with van der Waals surface area (Å²) >= 11 is 7.51. The van der Waals surface area contributed by atoms with E-state index < -0.39 is 0 Å². The van der Waals surface area contributed by atoms with Gasteiger partial charge in [-0.05, 0) is 42.5 Å². The molecule has 168 valence electrons. The highest BCUT2D eigenvalue weighted by molar-refractivity contribution is 7.10. The maximum atomic E-state index is 12.9. The summed E-state index contributed by atoms with van der Waals surface area (Å²) in [6.07, 6.45) is 2.33. The van der Waals surface area contributed by atoms with Crippen LogP contribution in [0.5, 0.6) is 0 Å². The smallest absolute Gasteiger partial charge is 0.298 e. The second-order valence-corrected chi connectivity index (χ2v) is 9.13. The molecule has 7 heteroatoms. The summed E-state index contributed by atoms with van der Waals surface area (Å²) in [5.74, 6) is 5.43. The van der Waals surface area contributed by atoms with Gasteiger partial charge in [0.2, 0.25) is 0 Å². The molecule has 1 aliphatic rings. The molecule has 2 amide bonds. The predicted octanol–water partition coefficient (Wildman–Crippen LogP) is 5.84. The van der Waals surface area contributed by atoms with Crippen LogP contribution in [0.25, 0.3) is 11.1 Å². The number of para-hydroxylation sites is 1. The molecule has 0 radical (unpaired) electrons. The number of thiazole rings is 1. The summed E-state index contributed by atoms with van der Waals surface area (Å²) in [7, 11) is 0. The van der Waals surface area contributed by atoms with Gasteiger partial charge in [0.15, 0.2) is 0 Å². The monoisotopic (exact) mass is 477 g/mol. The third kappa shape index (κ3) is 5.62. The van der Waals surface area contributed by atoms with Gasteiger partial charge in [-0.25, -0.2) is 4.98 Å². The van der Waals surface area contributed by atoms with Crippen LogP contribution in [0.3, 0.4) is 0 Å². The van der Waals surface area contributed by atoms with Crippen molar-refractivity contribution in [3.8, 4) is 23.0 Å². The van der Waals surface area contributed by atoms with Crippen LogP contribution < -0.4 is 5.32 Å². The lowest BCUT2D eigenvalue weighted by molar-refractivity contribution is -0.126. The summed E-state index contributed by atoms with van der Waals surface area (Å²) in [4.78, 5) is 31.4. The Morgan fingerprint density at radius 3 is 2.61 bits per heavy atom. The van der Waals surface area contributed by atoms with E-state index in [1.165, 1.54) is 11.3 Å². The van der Waals surface area contributed by atoms with Crippen LogP contribution in [-0.2, 0) is 4.79 Å². The first-order valence-electron chi connectivity index (χ1n) is 10.9. The third-order valence-electron chi connectivity index (χ3n) is 5.59. The third-order valence-corrected chi connectivity index (χ3v) is 6.85. The number of hydrogen-bond donors (Lipinski definition) is 1. The molecule has 3 aromatic rings. The van der Waals surface area contributed by atoms with Crippen molar-refractivity contribution in [1.82, 2.24) is 9.88 Å². The summed E-state index contributed by atoms with van der Waals surface area (Å²) in [6, 6.07) is 15.2. The summed E-state index contributed by atoms with van der Waals surface area (Å²) < 4.78 is 0. The SMILES string of the molecule is CCC#CC(=O)N1CCC(c2nc(C(=O)Nc3ccccc3-c3ccc(Cl)cc3)cs2)CC1. The van der Waals surface area contributed by atoms with Gasteiger partial charge in [-0.1, -0.05) is 54.8 Å². The molecule has 33 heavy (non-hydrogen) atoms. The van der Waals surface area contributed by atoms with E-state index in [2.05, 4.69) is 22.1 Å². The molecule has 1 aliphatic heterocycles. The molecule has 0 atom stereocenters. The Labute approximate surface area is 202 Å². The molecule has 2 aromatic carbocycles. The summed E-state index contributed by atoms with van der Waals surface area (Å²) in [6.45, 7) is 3.26. The first-order chi connectivity index (χ1) is 16.0. The van der Waals surface area contributed by atoms with Crippen molar-refractivity contribution >= 4 is 40.4 Å². The molecular weight excluding hydrogens is 454 g/mol. The number of anilines is 1. The molecular formula is C26H24ClN3O2S. The second-order valence-electron chi connectivity index (χ2n) is 7.80. The van der Waals surface area contributed by atoms with E-state index in [9.17, 15) is 9.59 Å². The van der Waals surface area contributed by atoms with Crippen molar-refractivity contribution in [3.63, 3.8) is 0 Å². The Morgan fingerprint density at radius 2 is 1.88 bits per heavy atom. The number of halogens is 1. The Morgan fingerprint density at radius 1 is 1.15 bits per heavy atom. The van der Waals surface area contributed by atoms with Gasteiger partial charge < -0.3 is 10.2 Å². The minimum atomic E-state index is -0.235. The molecule has 1 N–H and O–H groups in total. The van der Waals surface area contributed by atoms with Crippen LogP contribution in [-0.4, -0.2) is 34.8 Å². The van der Waals surface area contributed by atoms with Crippen molar-refractivity contribution < 1.29 is 9.59 Å². The number of hydrogen-bond acceptors (Lipinski definition) is 4. The largest absolute Gasteiger partial charge is 0.332 e. The Bertz CT molecular complexity index is 1200.